The topological polar surface area (TPSA) is 39.7 Å². The lowest BCUT2D eigenvalue weighted by atomic mass is 9.86. The summed E-state index contributed by atoms with van der Waals surface area (Å²) in [4.78, 5) is 7.20. The van der Waals surface area contributed by atoms with Crippen molar-refractivity contribution in [3.05, 3.63) is 35.9 Å². The first-order valence-corrected chi connectivity index (χ1v) is 10.8. The van der Waals surface area contributed by atoms with E-state index in [9.17, 15) is 0 Å². The highest BCUT2D eigenvalue weighted by atomic mass is 15.2. The SMILES string of the molecule is CN=C(NCC(C)(C)Cc1ccccc1)NC1CCN(C2CCCC2)CC1. The Morgan fingerprint density at radius 1 is 1.07 bits per heavy atom. The van der Waals surface area contributed by atoms with Crippen LogP contribution in [0.5, 0.6) is 0 Å². The maximum atomic E-state index is 4.47. The molecule has 150 valence electrons. The van der Waals surface area contributed by atoms with Crippen molar-refractivity contribution in [3.63, 3.8) is 0 Å². The van der Waals surface area contributed by atoms with E-state index in [1.54, 1.807) is 0 Å². The molecule has 4 nitrogen and oxygen atoms in total. The Labute approximate surface area is 165 Å². The maximum absolute atomic E-state index is 4.47. The number of benzene rings is 1. The number of likely N-dealkylation sites (tertiary alicyclic amines) is 1. The molecule has 0 radical (unpaired) electrons. The van der Waals surface area contributed by atoms with Gasteiger partial charge in [0.05, 0.1) is 0 Å². The summed E-state index contributed by atoms with van der Waals surface area (Å²) in [5.74, 6) is 0.954. The molecule has 0 amide bonds. The van der Waals surface area contributed by atoms with Crippen LogP contribution in [0.15, 0.2) is 35.3 Å². The van der Waals surface area contributed by atoms with Gasteiger partial charge in [0.2, 0.25) is 0 Å². The van der Waals surface area contributed by atoms with E-state index in [1.807, 2.05) is 7.05 Å². The number of nitrogens with one attached hydrogen (secondary N) is 2. The van der Waals surface area contributed by atoms with E-state index >= 15 is 0 Å². The van der Waals surface area contributed by atoms with Gasteiger partial charge in [-0.2, -0.15) is 0 Å². The van der Waals surface area contributed by atoms with Crippen molar-refractivity contribution < 1.29 is 0 Å². The van der Waals surface area contributed by atoms with Gasteiger partial charge < -0.3 is 15.5 Å². The summed E-state index contributed by atoms with van der Waals surface area (Å²) in [6, 6.07) is 12.2. The third-order valence-electron chi connectivity index (χ3n) is 6.19. The van der Waals surface area contributed by atoms with Gasteiger partial charge in [-0.3, -0.25) is 4.99 Å². The van der Waals surface area contributed by atoms with E-state index in [0.717, 1.165) is 25.0 Å². The first-order valence-electron chi connectivity index (χ1n) is 10.8. The molecule has 1 saturated carbocycles. The third-order valence-corrected chi connectivity index (χ3v) is 6.19. The largest absolute Gasteiger partial charge is 0.356 e. The minimum Gasteiger partial charge on any atom is -0.356 e. The molecule has 1 aromatic carbocycles. The molecule has 27 heavy (non-hydrogen) atoms. The molecule has 0 aromatic heterocycles. The Balaban J connectivity index is 1.41. The Bertz CT molecular complexity index is 582. The van der Waals surface area contributed by atoms with Crippen molar-refractivity contribution in [2.45, 2.75) is 70.9 Å². The zero-order valence-corrected chi connectivity index (χ0v) is 17.5. The first-order chi connectivity index (χ1) is 13.1. The van der Waals surface area contributed by atoms with Crippen molar-refractivity contribution in [2.24, 2.45) is 10.4 Å². The van der Waals surface area contributed by atoms with Gasteiger partial charge in [0.1, 0.15) is 0 Å². The predicted octanol–water partition coefficient (Wildman–Crippen LogP) is 3.83. The fourth-order valence-electron chi connectivity index (χ4n) is 4.60. The second-order valence-electron chi connectivity index (χ2n) is 9.15. The summed E-state index contributed by atoms with van der Waals surface area (Å²) < 4.78 is 0. The van der Waals surface area contributed by atoms with Crippen LogP contribution in [0.2, 0.25) is 0 Å². The molecule has 1 saturated heterocycles. The molecule has 2 aliphatic rings. The third kappa shape index (κ3) is 6.24. The van der Waals surface area contributed by atoms with E-state index in [4.69, 9.17) is 0 Å². The first kappa shape index (κ1) is 20.2. The summed E-state index contributed by atoms with van der Waals surface area (Å²) in [6.07, 6.45) is 9.21. The van der Waals surface area contributed by atoms with Crippen LogP contribution in [-0.4, -0.2) is 49.6 Å². The molecular weight excluding hydrogens is 332 g/mol. The van der Waals surface area contributed by atoms with Crippen LogP contribution >= 0.6 is 0 Å². The van der Waals surface area contributed by atoms with Gasteiger partial charge in [-0.15, -0.1) is 0 Å². The molecule has 0 bridgehead atoms. The summed E-state index contributed by atoms with van der Waals surface area (Å²) in [6.45, 7) is 8.03. The number of rotatable bonds is 6. The fraction of sp³-hybridized carbons (Fsp3) is 0.696. The van der Waals surface area contributed by atoms with Crippen molar-refractivity contribution in [1.29, 1.82) is 0 Å². The molecule has 2 N–H and O–H groups in total. The van der Waals surface area contributed by atoms with Crippen molar-refractivity contribution >= 4 is 5.96 Å². The second-order valence-corrected chi connectivity index (χ2v) is 9.15. The van der Waals surface area contributed by atoms with Gasteiger partial charge in [-0.1, -0.05) is 57.0 Å². The minimum atomic E-state index is 0.185. The maximum Gasteiger partial charge on any atom is 0.191 e. The second kappa shape index (κ2) is 9.59. The molecule has 1 aliphatic carbocycles. The molecule has 3 rings (SSSR count). The molecule has 0 atom stereocenters. The highest BCUT2D eigenvalue weighted by molar-refractivity contribution is 5.80. The zero-order chi connectivity index (χ0) is 19.1. The van der Waals surface area contributed by atoms with E-state index < -0.39 is 0 Å². The van der Waals surface area contributed by atoms with Gasteiger partial charge in [0.25, 0.3) is 0 Å². The Kier molecular flexibility index (Phi) is 7.17. The van der Waals surface area contributed by atoms with Crippen LogP contribution in [0.25, 0.3) is 0 Å². The molecule has 0 spiro atoms. The van der Waals surface area contributed by atoms with Crippen LogP contribution in [0.4, 0.5) is 0 Å². The molecule has 0 unspecified atom stereocenters. The van der Waals surface area contributed by atoms with Crippen LogP contribution in [0, 0.1) is 5.41 Å². The quantitative estimate of drug-likeness (QED) is 0.591. The van der Waals surface area contributed by atoms with Crippen LogP contribution in [0.3, 0.4) is 0 Å². The lowest BCUT2D eigenvalue weighted by Gasteiger charge is -2.37. The molecule has 4 heteroatoms. The van der Waals surface area contributed by atoms with Crippen LogP contribution in [0.1, 0.15) is 57.9 Å². The predicted molar refractivity (Wildman–Crippen MR) is 115 cm³/mol. The van der Waals surface area contributed by atoms with Crippen molar-refractivity contribution in [2.75, 3.05) is 26.7 Å². The van der Waals surface area contributed by atoms with E-state index in [1.165, 1.54) is 57.2 Å². The van der Waals surface area contributed by atoms with Gasteiger partial charge in [0.15, 0.2) is 5.96 Å². The number of hydrogen-bond donors (Lipinski definition) is 2. The summed E-state index contributed by atoms with van der Waals surface area (Å²) in [5.41, 5.74) is 1.58. The molecular formula is C23H38N4. The molecule has 1 aromatic rings. The highest BCUT2D eigenvalue weighted by Gasteiger charge is 2.27. The smallest absolute Gasteiger partial charge is 0.191 e. The normalized spacial score (nSPS) is 20.8. The molecule has 1 heterocycles. The Morgan fingerprint density at radius 2 is 1.74 bits per heavy atom. The van der Waals surface area contributed by atoms with E-state index in [2.05, 4.69) is 64.7 Å². The number of aliphatic imine (C=N–C) groups is 1. The van der Waals surface area contributed by atoms with Gasteiger partial charge >= 0.3 is 0 Å². The average Bonchev–Trinajstić information content (AvgIpc) is 3.21. The lowest BCUT2D eigenvalue weighted by molar-refractivity contribution is 0.150. The zero-order valence-electron chi connectivity index (χ0n) is 17.5. The van der Waals surface area contributed by atoms with Gasteiger partial charge in [-0.25, -0.2) is 0 Å². The Morgan fingerprint density at radius 3 is 2.37 bits per heavy atom. The van der Waals surface area contributed by atoms with Crippen molar-refractivity contribution in [1.82, 2.24) is 15.5 Å². The summed E-state index contributed by atoms with van der Waals surface area (Å²) in [7, 11) is 1.88. The average molecular weight is 371 g/mol. The highest BCUT2D eigenvalue weighted by Crippen LogP contribution is 2.26. The van der Waals surface area contributed by atoms with Crippen LogP contribution in [-0.2, 0) is 6.42 Å². The van der Waals surface area contributed by atoms with Gasteiger partial charge in [0, 0.05) is 38.8 Å². The number of hydrogen-bond acceptors (Lipinski definition) is 2. The number of nitrogens with zero attached hydrogens (tertiary/aromatic N) is 2. The van der Waals surface area contributed by atoms with Gasteiger partial charge in [-0.05, 0) is 43.1 Å². The monoisotopic (exact) mass is 370 g/mol. The summed E-state index contributed by atoms with van der Waals surface area (Å²) >= 11 is 0. The standard InChI is InChI=1S/C23H38N4/c1-23(2,17-19-9-5-4-6-10-19)18-25-22(24-3)26-20-13-15-27(16-14-20)21-11-7-8-12-21/h4-6,9-10,20-21H,7-8,11-18H2,1-3H3,(H2,24,25,26). The molecule has 2 fully saturated rings. The fourth-order valence-corrected chi connectivity index (χ4v) is 4.60. The van der Waals surface area contributed by atoms with E-state index in [-0.39, 0.29) is 5.41 Å². The lowest BCUT2D eigenvalue weighted by Crippen LogP contribution is -2.51. The van der Waals surface area contributed by atoms with Crippen LogP contribution < -0.4 is 10.6 Å². The number of guanidine groups is 1. The minimum absolute atomic E-state index is 0.185. The van der Waals surface area contributed by atoms with E-state index in [0.29, 0.717) is 6.04 Å². The Hall–Kier alpha value is -1.55. The van der Waals surface area contributed by atoms with Crippen molar-refractivity contribution in [3.8, 4) is 0 Å². The summed E-state index contributed by atoms with van der Waals surface area (Å²) in [5, 5.41) is 7.23. The molecule has 1 aliphatic heterocycles. The number of piperidine rings is 1.